The zero-order valence-corrected chi connectivity index (χ0v) is 23.8. The van der Waals surface area contributed by atoms with Crippen LogP contribution in [0.5, 0.6) is 17.2 Å². The zero-order valence-electron chi connectivity index (χ0n) is 23.0. The van der Waals surface area contributed by atoms with E-state index in [4.69, 9.17) is 14.2 Å². The number of amides is 1. The van der Waals surface area contributed by atoms with Gasteiger partial charge in [0.05, 0.1) is 31.9 Å². The summed E-state index contributed by atoms with van der Waals surface area (Å²) in [5.41, 5.74) is 3.09. The molecule has 1 aliphatic rings. The Balaban J connectivity index is 0.000000186. The van der Waals surface area contributed by atoms with Crippen LogP contribution in [0.25, 0.3) is 16.9 Å². The highest BCUT2D eigenvalue weighted by Gasteiger charge is 2.20. The van der Waals surface area contributed by atoms with Gasteiger partial charge in [0.2, 0.25) is 5.75 Å². The molecule has 1 atom stereocenters. The summed E-state index contributed by atoms with van der Waals surface area (Å²) in [5.74, 6) is 1.30. The number of ether oxygens (including phenoxy) is 3. The van der Waals surface area contributed by atoms with E-state index in [-0.39, 0.29) is 11.9 Å². The number of hydrogen-bond donors (Lipinski definition) is 2. The Kier molecular flexibility index (Phi) is 9.28. The first-order valence-electron chi connectivity index (χ1n) is 12.8. The van der Waals surface area contributed by atoms with E-state index in [9.17, 15) is 13.2 Å². The van der Waals surface area contributed by atoms with E-state index >= 15 is 0 Å². The molecule has 1 unspecified atom stereocenters. The van der Waals surface area contributed by atoms with Crippen LogP contribution in [0.3, 0.4) is 0 Å². The number of nitrogens with zero attached hydrogens (tertiary/aromatic N) is 2. The second kappa shape index (κ2) is 12.8. The van der Waals surface area contributed by atoms with Crippen LogP contribution in [0.1, 0.15) is 23.2 Å². The van der Waals surface area contributed by atoms with Crippen molar-refractivity contribution in [1.29, 1.82) is 0 Å². The van der Waals surface area contributed by atoms with Gasteiger partial charge < -0.3 is 29.2 Å². The molecule has 0 bridgehead atoms. The summed E-state index contributed by atoms with van der Waals surface area (Å²) in [6.07, 6.45) is 7.11. The minimum absolute atomic E-state index is 0.136. The number of fused-ring (bicyclic) bond motifs is 1. The third-order valence-electron chi connectivity index (χ3n) is 6.50. The summed E-state index contributed by atoms with van der Waals surface area (Å²) in [5, 5.41) is 6.29. The van der Waals surface area contributed by atoms with E-state index in [2.05, 4.69) is 15.6 Å². The molecule has 40 heavy (non-hydrogen) atoms. The number of nitrogens with one attached hydrogen (secondary N) is 2. The van der Waals surface area contributed by atoms with Crippen LogP contribution in [0, 0.1) is 0 Å². The Labute approximate surface area is 234 Å². The van der Waals surface area contributed by atoms with E-state index in [0.29, 0.717) is 27.7 Å². The van der Waals surface area contributed by atoms with Crippen molar-refractivity contribution < 1.29 is 27.4 Å². The molecule has 0 aliphatic carbocycles. The summed E-state index contributed by atoms with van der Waals surface area (Å²) in [7, 11) is 1.45. The minimum Gasteiger partial charge on any atom is -0.493 e. The first kappa shape index (κ1) is 28.9. The van der Waals surface area contributed by atoms with Gasteiger partial charge in [-0.15, -0.1) is 0 Å². The van der Waals surface area contributed by atoms with Gasteiger partial charge in [0.15, 0.2) is 21.3 Å². The van der Waals surface area contributed by atoms with Gasteiger partial charge in [-0.2, -0.15) is 0 Å². The number of piperidine rings is 1. The fourth-order valence-corrected chi connectivity index (χ4v) is 5.03. The summed E-state index contributed by atoms with van der Waals surface area (Å²) in [4.78, 5) is 17.2. The molecule has 11 heteroatoms. The lowest BCUT2D eigenvalue weighted by atomic mass is 10.1. The highest BCUT2D eigenvalue weighted by atomic mass is 32.2. The van der Waals surface area contributed by atoms with Gasteiger partial charge in [-0.3, -0.25) is 4.79 Å². The number of hydrogen-bond acceptors (Lipinski definition) is 8. The predicted octanol–water partition coefficient (Wildman–Crippen LogP) is 3.60. The molecule has 1 fully saturated rings. The number of aromatic nitrogens is 2. The minimum atomic E-state index is -3.15. The quantitative estimate of drug-likeness (QED) is 0.348. The third-order valence-corrected chi connectivity index (χ3v) is 7.63. The number of benzene rings is 2. The molecule has 0 saturated carbocycles. The fraction of sp³-hybridized carbons (Fsp3) is 0.310. The predicted molar refractivity (Wildman–Crippen MR) is 153 cm³/mol. The van der Waals surface area contributed by atoms with Crippen LogP contribution in [0.4, 0.5) is 0 Å². The van der Waals surface area contributed by atoms with E-state index in [0.717, 1.165) is 42.8 Å². The molecule has 2 aromatic carbocycles. The molecular formula is C29H34N4O6S. The highest BCUT2D eigenvalue weighted by Crippen LogP contribution is 2.38. The van der Waals surface area contributed by atoms with Crippen LogP contribution >= 0.6 is 0 Å². The van der Waals surface area contributed by atoms with Crippen molar-refractivity contribution in [2.45, 2.75) is 23.8 Å². The van der Waals surface area contributed by atoms with Crippen molar-refractivity contribution in [3.8, 4) is 28.5 Å². The molecule has 2 aromatic heterocycles. The van der Waals surface area contributed by atoms with Crippen LogP contribution in [-0.2, 0) is 9.84 Å². The molecule has 0 spiro atoms. The highest BCUT2D eigenvalue weighted by molar-refractivity contribution is 7.90. The summed E-state index contributed by atoms with van der Waals surface area (Å²) in [6.45, 7) is 1.81. The zero-order chi connectivity index (χ0) is 28.7. The first-order chi connectivity index (χ1) is 19.2. The van der Waals surface area contributed by atoms with Gasteiger partial charge in [0, 0.05) is 42.4 Å². The number of methoxy groups -OCH3 is 3. The normalized spacial score (nSPS) is 15.1. The van der Waals surface area contributed by atoms with Gasteiger partial charge in [-0.05, 0) is 55.8 Å². The largest absolute Gasteiger partial charge is 0.493 e. The van der Waals surface area contributed by atoms with E-state index in [1.165, 1.54) is 27.6 Å². The topological polar surface area (TPSA) is 120 Å². The number of imidazole rings is 1. The smallest absolute Gasteiger partial charge is 0.251 e. The van der Waals surface area contributed by atoms with Crippen LogP contribution < -0.4 is 24.8 Å². The third kappa shape index (κ3) is 6.91. The molecule has 1 aliphatic heterocycles. The second-order valence-corrected chi connectivity index (χ2v) is 11.3. The first-order valence-corrected chi connectivity index (χ1v) is 14.7. The van der Waals surface area contributed by atoms with Gasteiger partial charge >= 0.3 is 0 Å². The average Bonchev–Trinajstić information content (AvgIpc) is 3.41. The maximum atomic E-state index is 12.4. The van der Waals surface area contributed by atoms with E-state index < -0.39 is 9.84 Å². The Hall–Kier alpha value is -4.09. The number of pyridine rings is 1. The summed E-state index contributed by atoms with van der Waals surface area (Å²) >= 11 is 0. The summed E-state index contributed by atoms with van der Waals surface area (Å²) < 4.78 is 40.5. The maximum Gasteiger partial charge on any atom is 0.251 e. The molecule has 3 heterocycles. The lowest BCUT2D eigenvalue weighted by Gasteiger charge is -2.24. The van der Waals surface area contributed by atoms with E-state index in [1.54, 1.807) is 36.4 Å². The Bertz CT molecular complexity index is 1500. The molecule has 0 radical (unpaired) electrons. The fourth-order valence-electron chi connectivity index (χ4n) is 4.40. The standard InChI is InChI=1S/C15H22N2O4.C14H12N2O2S/c1-19-12-7-10(8-13(20-2)14(12)21-3)15(18)17-11-5-4-6-16-9-11;1-19(17,18)12-7-5-11(6-8-12)13-10-16-9-3-2-4-14(16)15-13/h7-8,11,16H,4-6,9H2,1-3H3,(H,17,18);2-10H,1H3. The second-order valence-electron chi connectivity index (χ2n) is 9.32. The number of carbonyl (C=O) groups is 1. The van der Waals surface area contributed by atoms with Gasteiger partial charge in [0.25, 0.3) is 5.91 Å². The number of rotatable bonds is 7. The van der Waals surface area contributed by atoms with Crippen molar-refractivity contribution in [3.05, 3.63) is 72.6 Å². The average molecular weight is 567 g/mol. The van der Waals surface area contributed by atoms with E-state index in [1.807, 2.05) is 35.0 Å². The van der Waals surface area contributed by atoms with Gasteiger partial charge in [-0.25, -0.2) is 13.4 Å². The maximum absolute atomic E-state index is 12.4. The van der Waals surface area contributed by atoms with Crippen molar-refractivity contribution in [3.63, 3.8) is 0 Å². The molecule has 1 saturated heterocycles. The van der Waals surface area contributed by atoms with Gasteiger partial charge in [-0.1, -0.05) is 18.2 Å². The van der Waals surface area contributed by atoms with Crippen molar-refractivity contribution >= 4 is 21.4 Å². The Morgan fingerprint density at radius 3 is 2.27 bits per heavy atom. The molecule has 5 rings (SSSR count). The molecule has 10 nitrogen and oxygen atoms in total. The van der Waals surface area contributed by atoms with Crippen molar-refractivity contribution in [2.75, 3.05) is 40.7 Å². The summed E-state index contributed by atoms with van der Waals surface area (Å²) in [6, 6.07) is 16.0. The lowest BCUT2D eigenvalue weighted by molar-refractivity contribution is 0.0930. The van der Waals surface area contributed by atoms with Crippen LogP contribution in [-0.4, -0.2) is 70.4 Å². The van der Waals surface area contributed by atoms with Crippen molar-refractivity contribution in [1.82, 2.24) is 20.0 Å². The lowest BCUT2D eigenvalue weighted by Crippen LogP contribution is -2.45. The monoisotopic (exact) mass is 566 g/mol. The van der Waals surface area contributed by atoms with Crippen LogP contribution in [0.15, 0.2) is 71.9 Å². The Morgan fingerprint density at radius 2 is 1.73 bits per heavy atom. The number of carbonyl (C=O) groups excluding carboxylic acids is 1. The van der Waals surface area contributed by atoms with Crippen molar-refractivity contribution in [2.24, 2.45) is 0 Å². The SMILES string of the molecule is COc1cc(C(=O)NC2CCCNC2)cc(OC)c1OC.CS(=O)(=O)c1ccc(-c2cn3ccccc3n2)cc1. The molecule has 2 N–H and O–H groups in total. The molecule has 4 aromatic rings. The molecule has 1 amide bonds. The Morgan fingerprint density at radius 1 is 1.02 bits per heavy atom. The molecule has 212 valence electrons. The number of sulfone groups is 1. The van der Waals surface area contributed by atoms with Gasteiger partial charge in [0.1, 0.15) is 5.65 Å². The molecular weight excluding hydrogens is 532 g/mol. The van der Waals surface area contributed by atoms with Crippen LogP contribution in [0.2, 0.25) is 0 Å².